The first kappa shape index (κ1) is 14.1. The Kier molecular flexibility index (Phi) is 7.41. The largest absolute Gasteiger partial charge is 0.313 e. The van der Waals surface area contributed by atoms with Crippen molar-refractivity contribution in [2.24, 2.45) is 5.10 Å². The van der Waals surface area contributed by atoms with Crippen molar-refractivity contribution >= 4 is 12.0 Å². The molecule has 0 heterocycles. The molecule has 0 unspecified atom stereocenters. The average molecular weight is 218 g/mol. The van der Waals surface area contributed by atoms with E-state index < -0.39 is 0 Å². The van der Waals surface area contributed by atoms with Gasteiger partial charge in [-0.25, -0.2) is 0 Å². The molecule has 0 saturated heterocycles. The van der Waals surface area contributed by atoms with Gasteiger partial charge < -0.3 is 5.43 Å². The van der Waals surface area contributed by atoms with Gasteiger partial charge in [-0.2, -0.15) is 5.10 Å². The molecule has 0 aromatic carbocycles. The van der Waals surface area contributed by atoms with Gasteiger partial charge in [-0.3, -0.25) is 4.79 Å². The van der Waals surface area contributed by atoms with Gasteiger partial charge in [0, 0.05) is 12.6 Å². The van der Waals surface area contributed by atoms with Crippen molar-refractivity contribution in [3.8, 4) is 0 Å². The highest BCUT2D eigenvalue weighted by Crippen LogP contribution is 2.01. The van der Waals surface area contributed by atoms with E-state index in [4.69, 9.17) is 0 Å². The fraction of sp³-hybridized carbons (Fsp3) is 0.231. The van der Waals surface area contributed by atoms with Crippen LogP contribution < -0.4 is 5.43 Å². The smallest absolute Gasteiger partial charge is 0.185 e. The first-order chi connectivity index (χ1) is 7.65. The number of allylic oxidation sites excluding steroid dienone is 7. The Morgan fingerprint density at radius 1 is 1.25 bits per heavy atom. The highest BCUT2D eigenvalue weighted by atomic mass is 16.1. The quantitative estimate of drug-likeness (QED) is 0.322. The van der Waals surface area contributed by atoms with Gasteiger partial charge in [0.1, 0.15) is 0 Å². The lowest BCUT2D eigenvalue weighted by molar-refractivity contribution is -0.111. The molecule has 0 bridgehead atoms. The topological polar surface area (TPSA) is 41.5 Å². The van der Waals surface area contributed by atoms with Crippen molar-refractivity contribution in [2.45, 2.75) is 13.8 Å². The highest BCUT2D eigenvalue weighted by molar-refractivity contribution is 6.06. The van der Waals surface area contributed by atoms with E-state index >= 15 is 0 Å². The summed E-state index contributed by atoms with van der Waals surface area (Å²) in [6.45, 7) is 7.44. The highest BCUT2D eigenvalue weighted by Gasteiger charge is 1.99. The van der Waals surface area contributed by atoms with Crippen LogP contribution in [-0.2, 0) is 4.79 Å². The van der Waals surface area contributed by atoms with Gasteiger partial charge in [0.25, 0.3) is 0 Å². The van der Waals surface area contributed by atoms with Gasteiger partial charge in [-0.1, -0.05) is 30.9 Å². The minimum atomic E-state index is -0.0420. The molecule has 3 nitrogen and oxygen atoms in total. The number of nitrogens with one attached hydrogen (secondary N) is 1. The number of carbonyl (C=O) groups is 1. The van der Waals surface area contributed by atoms with Crippen LogP contribution in [0.25, 0.3) is 0 Å². The van der Waals surface area contributed by atoms with Gasteiger partial charge in [0.05, 0.1) is 6.21 Å². The standard InChI is InChI=1S/C13H18N2O/c1-5-7-12(6-2)13(16)9-8-11(3)10-15-14-4/h5-10,14H,3H2,1-2,4H3/b7-5-,9-8+,12-6+,15-10-. The third-order valence-electron chi connectivity index (χ3n) is 1.75. The van der Waals surface area contributed by atoms with Crippen molar-refractivity contribution in [2.75, 3.05) is 7.05 Å². The molecule has 0 atom stereocenters. The fourth-order valence-electron chi connectivity index (χ4n) is 0.970. The third-order valence-corrected chi connectivity index (χ3v) is 1.75. The lowest BCUT2D eigenvalue weighted by atomic mass is 10.1. The van der Waals surface area contributed by atoms with Crippen LogP contribution in [0.15, 0.2) is 53.2 Å². The predicted molar refractivity (Wildman–Crippen MR) is 69.4 cm³/mol. The Labute approximate surface area is 96.9 Å². The molecule has 0 fully saturated rings. The van der Waals surface area contributed by atoms with Crippen LogP contribution in [0, 0.1) is 0 Å². The van der Waals surface area contributed by atoms with Crippen LogP contribution in [0.5, 0.6) is 0 Å². The van der Waals surface area contributed by atoms with Crippen LogP contribution in [-0.4, -0.2) is 19.0 Å². The van der Waals surface area contributed by atoms with Crippen molar-refractivity contribution in [1.29, 1.82) is 0 Å². The number of rotatable bonds is 6. The molecule has 0 aromatic rings. The molecule has 0 amide bonds. The summed E-state index contributed by atoms with van der Waals surface area (Å²) in [5, 5.41) is 3.79. The number of nitrogens with zero attached hydrogens (tertiary/aromatic N) is 1. The van der Waals surface area contributed by atoms with Gasteiger partial charge in [-0.15, -0.1) is 0 Å². The summed E-state index contributed by atoms with van der Waals surface area (Å²) in [5.41, 5.74) is 3.94. The van der Waals surface area contributed by atoms with E-state index in [1.807, 2.05) is 19.9 Å². The van der Waals surface area contributed by atoms with Gasteiger partial charge in [0.15, 0.2) is 5.78 Å². The first-order valence-corrected chi connectivity index (χ1v) is 5.05. The predicted octanol–water partition coefficient (Wildman–Crippen LogP) is 2.40. The number of carbonyl (C=O) groups excluding carboxylic acids is 1. The Hall–Kier alpha value is -1.90. The van der Waals surface area contributed by atoms with E-state index in [-0.39, 0.29) is 5.78 Å². The molecule has 86 valence electrons. The Bertz CT molecular complexity index is 360. The number of ketones is 1. The molecular weight excluding hydrogens is 200 g/mol. The Morgan fingerprint density at radius 2 is 1.94 bits per heavy atom. The zero-order valence-corrected chi connectivity index (χ0v) is 10.0. The van der Waals surface area contributed by atoms with E-state index in [0.717, 1.165) is 0 Å². The summed E-state index contributed by atoms with van der Waals surface area (Å²) in [6.07, 6.45) is 10.1. The summed E-state index contributed by atoms with van der Waals surface area (Å²) in [4.78, 5) is 11.6. The molecule has 0 aliphatic carbocycles. The van der Waals surface area contributed by atoms with E-state index in [9.17, 15) is 4.79 Å². The number of hydrogen-bond acceptors (Lipinski definition) is 3. The minimum absolute atomic E-state index is 0.0420. The van der Waals surface area contributed by atoms with Gasteiger partial charge in [0.2, 0.25) is 0 Å². The third kappa shape index (κ3) is 5.75. The molecule has 0 aliphatic rings. The SMILES string of the molecule is C=C(/C=N\NC)/C=C/C(=O)C(/C=C\C)=C/C. The van der Waals surface area contributed by atoms with Crippen LogP contribution in [0.4, 0.5) is 0 Å². The van der Waals surface area contributed by atoms with E-state index in [1.54, 1.807) is 31.5 Å². The van der Waals surface area contributed by atoms with E-state index in [1.165, 1.54) is 6.08 Å². The van der Waals surface area contributed by atoms with Crippen LogP contribution in [0.1, 0.15) is 13.8 Å². The Morgan fingerprint density at radius 3 is 2.44 bits per heavy atom. The molecule has 0 radical (unpaired) electrons. The van der Waals surface area contributed by atoms with E-state index in [0.29, 0.717) is 11.1 Å². The Balaban J connectivity index is 4.50. The molecule has 0 saturated carbocycles. The van der Waals surface area contributed by atoms with Gasteiger partial charge >= 0.3 is 0 Å². The van der Waals surface area contributed by atoms with Crippen LogP contribution >= 0.6 is 0 Å². The average Bonchev–Trinajstić information content (AvgIpc) is 2.30. The van der Waals surface area contributed by atoms with E-state index in [2.05, 4.69) is 17.1 Å². The lowest BCUT2D eigenvalue weighted by Gasteiger charge is -1.94. The first-order valence-electron chi connectivity index (χ1n) is 5.05. The summed E-state index contributed by atoms with van der Waals surface area (Å²) in [6, 6.07) is 0. The summed E-state index contributed by atoms with van der Waals surface area (Å²) >= 11 is 0. The van der Waals surface area contributed by atoms with Crippen molar-refractivity contribution in [3.05, 3.63) is 48.1 Å². The van der Waals surface area contributed by atoms with Crippen LogP contribution in [0.2, 0.25) is 0 Å². The fourth-order valence-corrected chi connectivity index (χ4v) is 0.970. The molecule has 0 aromatic heterocycles. The summed E-state index contributed by atoms with van der Waals surface area (Å²) in [5.74, 6) is -0.0420. The maximum atomic E-state index is 11.6. The molecular formula is C13H18N2O. The summed E-state index contributed by atoms with van der Waals surface area (Å²) in [7, 11) is 1.70. The molecule has 0 rings (SSSR count). The van der Waals surface area contributed by atoms with Crippen molar-refractivity contribution in [1.82, 2.24) is 5.43 Å². The minimum Gasteiger partial charge on any atom is -0.313 e. The second kappa shape index (κ2) is 8.41. The molecule has 3 heteroatoms. The maximum Gasteiger partial charge on any atom is 0.185 e. The molecule has 16 heavy (non-hydrogen) atoms. The second-order valence-electron chi connectivity index (χ2n) is 3.00. The normalized spacial score (nSPS) is 12.8. The number of hydrazone groups is 1. The molecule has 0 spiro atoms. The van der Waals surface area contributed by atoms with Gasteiger partial charge in [-0.05, 0) is 25.5 Å². The molecule has 0 aliphatic heterocycles. The molecule has 1 N–H and O–H groups in total. The second-order valence-corrected chi connectivity index (χ2v) is 3.00. The number of hydrogen-bond donors (Lipinski definition) is 1. The zero-order chi connectivity index (χ0) is 12.4. The monoisotopic (exact) mass is 218 g/mol. The van der Waals surface area contributed by atoms with Crippen LogP contribution in [0.3, 0.4) is 0 Å². The summed E-state index contributed by atoms with van der Waals surface area (Å²) < 4.78 is 0. The van der Waals surface area contributed by atoms with Crippen molar-refractivity contribution < 1.29 is 4.79 Å². The van der Waals surface area contributed by atoms with Crippen molar-refractivity contribution in [3.63, 3.8) is 0 Å². The maximum absolute atomic E-state index is 11.6. The lowest BCUT2D eigenvalue weighted by Crippen LogP contribution is -1.97. The zero-order valence-electron chi connectivity index (χ0n) is 10.0.